The highest BCUT2D eigenvalue weighted by molar-refractivity contribution is 7.89. The standard InChI is InChI=1S/C13H16F4N2O2S.ClH/c1-8-4-5-18-7-11(8)19-22(20,21)12-3-2-9(14)6-10(12)13(15,16)17;/h2-3,6,8,11,18-19H,4-5,7H2,1H3;1H. The van der Waals surface area contributed by atoms with Crippen molar-refractivity contribution in [3.63, 3.8) is 0 Å². The predicted molar refractivity (Wildman–Crippen MR) is 79.4 cm³/mol. The highest BCUT2D eigenvalue weighted by Gasteiger charge is 2.38. The van der Waals surface area contributed by atoms with Gasteiger partial charge in [0.15, 0.2) is 0 Å². The molecule has 132 valence electrons. The Kier molecular flexibility index (Phi) is 6.42. The number of piperidine rings is 1. The van der Waals surface area contributed by atoms with E-state index in [4.69, 9.17) is 0 Å². The maximum atomic E-state index is 13.1. The third-order valence-corrected chi connectivity index (χ3v) is 5.22. The van der Waals surface area contributed by atoms with Gasteiger partial charge in [0.1, 0.15) is 5.82 Å². The summed E-state index contributed by atoms with van der Waals surface area (Å²) in [6.07, 6.45) is -4.24. The first-order valence-corrected chi connectivity index (χ1v) is 8.19. The van der Waals surface area contributed by atoms with Crippen LogP contribution in [0.4, 0.5) is 17.6 Å². The summed E-state index contributed by atoms with van der Waals surface area (Å²) >= 11 is 0. The molecule has 0 spiro atoms. The summed E-state index contributed by atoms with van der Waals surface area (Å²) in [5.41, 5.74) is -1.50. The molecule has 1 aliphatic rings. The lowest BCUT2D eigenvalue weighted by molar-refractivity contribution is -0.140. The third kappa shape index (κ3) is 4.79. The van der Waals surface area contributed by atoms with Crippen molar-refractivity contribution in [1.29, 1.82) is 0 Å². The average Bonchev–Trinajstić information content (AvgIpc) is 2.40. The minimum atomic E-state index is -4.96. The van der Waals surface area contributed by atoms with Crippen LogP contribution < -0.4 is 10.0 Å². The fourth-order valence-corrected chi connectivity index (χ4v) is 3.92. The van der Waals surface area contributed by atoms with Crippen molar-refractivity contribution in [2.75, 3.05) is 13.1 Å². The topological polar surface area (TPSA) is 58.2 Å². The summed E-state index contributed by atoms with van der Waals surface area (Å²) in [5, 5.41) is 2.98. The number of sulfonamides is 1. The van der Waals surface area contributed by atoms with Crippen LogP contribution in [0.15, 0.2) is 23.1 Å². The zero-order valence-corrected chi connectivity index (χ0v) is 13.8. The molecule has 0 aliphatic carbocycles. The molecule has 4 nitrogen and oxygen atoms in total. The molecule has 1 heterocycles. The van der Waals surface area contributed by atoms with Gasteiger partial charge in [-0.1, -0.05) is 6.92 Å². The first-order chi connectivity index (χ1) is 10.1. The number of alkyl halides is 3. The normalized spacial score (nSPS) is 22.5. The lowest BCUT2D eigenvalue weighted by Gasteiger charge is -2.30. The third-order valence-electron chi connectivity index (χ3n) is 3.67. The van der Waals surface area contributed by atoms with Gasteiger partial charge in [0.25, 0.3) is 0 Å². The van der Waals surface area contributed by atoms with E-state index in [0.717, 1.165) is 6.54 Å². The average molecular weight is 377 g/mol. The fraction of sp³-hybridized carbons (Fsp3) is 0.538. The van der Waals surface area contributed by atoms with Crippen LogP contribution in [0.1, 0.15) is 18.9 Å². The molecule has 1 aromatic carbocycles. The zero-order valence-electron chi connectivity index (χ0n) is 12.2. The van der Waals surface area contributed by atoms with E-state index >= 15 is 0 Å². The molecule has 0 amide bonds. The van der Waals surface area contributed by atoms with Crippen LogP contribution in [-0.4, -0.2) is 27.5 Å². The van der Waals surface area contributed by atoms with Crippen molar-refractivity contribution in [2.24, 2.45) is 5.92 Å². The van der Waals surface area contributed by atoms with Gasteiger partial charge < -0.3 is 5.32 Å². The minimum absolute atomic E-state index is 0. The Morgan fingerprint density at radius 2 is 1.96 bits per heavy atom. The summed E-state index contributed by atoms with van der Waals surface area (Å²) in [6, 6.07) is 1.02. The van der Waals surface area contributed by atoms with E-state index in [-0.39, 0.29) is 24.4 Å². The summed E-state index contributed by atoms with van der Waals surface area (Å²) in [5.74, 6) is -1.15. The smallest absolute Gasteiger partial charge is 0.315 e. The maximum Gasteiger partial charge on any atom is 0.417 e. The molecule has 1 saturated heterocycles. The molecule has 1 aliphatic heterocycles. The first-order valence-electron chi connectivity index (χ1n) is 6.71. The number of hydrogen-bond donors (Lipinski definition) is 2. The van der Waals surface area contributed by atoms with Crippen molar-refractivity contribution < 1.29 is 26.0 Å². The van der Waals surface area contributed by atoms with Crippen LogP contribution in [0.2, 0.25) is 0 Å². The Morgan fingerprint density at radius 1 is 1.30 bits per heavy atom. The molecule has 0 saturated carbocycles. The largest absolute Gasteiger partial charge is 0.417 e. The van der Waals surface area contributed by atoms with Crippen molar-refractivity contribution in [1.82, 2.24) is 10.0 Å². The van der Waals surface area contributed by atoms with Gasteiger partial charge in [-0.3, -0.25) is 0 Å². The van der Waals surface area contributed by atoms with Crippen LogP contribution in [-0.2, 0) is 16.2 Å². The Bertz CT molecular complexity index is 652. The Morgan fingerprint density at radius 3 is 2.52 bits per heavy atom. The van der Waals surface area contributed by atoms with Crippen LogP contribution >= 0.6 is 12.4 Å². The number of hydrogen-bond acceptors (Lipinski definition) is 3. The van der Waals surface area contributed by atoms with E-state index in [9.17, 15) is 26.0 Å². The van der Waals surface area contributed by atoms with Gasteiger partial charge in [0.2, 0.25) is 10.0 Å². The minimum Gasteiger partial charge on any atom is -0.315 e. The van der Waals surface area contributed by atoms with E-state index in [2.05, 4.69) is 10.0 Å². The van der Waals surface area contributed by atoms with Crippen LogP contribution in [0.25, 0.3) is 0 Å². The summed E-state index contributed by atoms with van der Waals surface area (Å²) in [4.78, 5) is -0.959. The maximum absolute atomic E-state index is 13.1. The SMILES string of the molecule is CC1CCNCC1NS(=O)(=O)c1ccc(F)cc1C(F)(F)F.Cl. The Balaban J connectivity index is 0.00000264. The van der Waals surface area contributed by atoms with Gasteiger partial charge in [0, 0.05) is 12.6 Å². The molecule has 10 heteroatoms. The van der Waals surface area contributed by atoms with Crippen molar-refractivity contribution in [3.8, 4) is 0 Å². The molecule has 2 N–H and O–H groups in total. The molecule has 1 aromatic rings. The summed E-state index contributed by atoms with van der Waals surface area (Å²) < 4.78 is 78.7. The highest BCUT2D eigenvalue weighted by Crippen LogP contribution is 2.34. The van der Waals surface area contributed by atoms with Gasteiger partial charge >= 0.3 is 6.18 Å². The van der Waals surface area contributed by atoms with E-state index < -0.39 is 38.5 Å². The molecule has 1 fully saturated rings. The van der Waals surface area contributed by atoms with Crippen LogP contribution in [0.5, 0.6) is 0 Å². The number of benzene rings is 1. The van der Waals surface area contributed by atoms with Gasteiger partial charge in [-0.25, -0.2) is 17.5 Å². The van der Waals surface area contributed by atoms with Crippen molar-refractivity contribution in [3.05, 3.63) is 29.6 Å². The van der Waals surface area contributed by atoms with Crippen LogP contribution in [0.3, 0.4) is 0 Å². The zero-order chi connectivity index (χ0) is 16.5. The Hall–Kier alpha value is -0.900. The second-order valence-corrected chi connectivity index (χ2v) is 7.02. The first kappa shape index (κ1) is 20.1. The van der Waals surface area contributed by atoms with Crippen molar-refractivity contribution >= 4 is 22.4 Å². The molecular formula is C13H17ClF4N2O2S. The summed E-state index contributed by atoms with van der Waals surface area (Å²) in [7, 11) is -4.40. The number of halogens is 5. The predicted octanol–water partition coefficient (Wildman–Crippen LogP) is 2.54. The van der Waals surface area contributed by atoms with Gasteiger partial charge in [-0.15, -0.1) is 12.4 Å². The van der Waals surface area contributed by atoms with E-state index in [1.54, 1.807) is 0 Å². The van der Waals surface area contributed by atoms with Crippen molar-refractivity contribution in [2.45, 2.75) is 30.5 Å². The molecule has 0 aromatic heterocycles. The fourth-order valence-electron chi connectivity index (χ4n) is 2.37. The molecule has 0 radical (unpaired) electrons. The molecule has 2 unspecified atom stereocenters. The van der Waals surface area contributed by atoms with Gasteiger partial charge in [0.05, 0.1) is 10.5 Å². The van der Waals surface area contributed by atoms with Gasteiger partial charge in [-0.2, -0.15) is 13.2 Å². The highest BCUT2D eigenvalue weighted by atomic mass is 35.5. The number of rotatable bonds is 3. The van der Waals surface area contributed by atoms with E-state index in [1.165, 1.54) is 0 Å². The van der Waals surface area contributed by atoms with E-state index in [1.807, 2.05) is 6.92 Å². The second kappa shape index (κ2) is 7.33. The Labute approximate surface area is 138 Å². The summed E-state index contributed by atoms with van der Waals surface area (Å²) in [6.45, 7) is 2.88. The van der Waals surface area contributed by atoms with E-state index in [0.29, 0.717) is 25.1 Å². The van der Waals surface area contributed by atoms with Gasteiger partial charge in [-0.05, 0) is 37.1 Å². The quantitative estimate of drug-likeness (QED) is 0.797. The molecule has 2 atom stereocenters. The lowest BCUT2D eigenvalue weighted by Crippen LogP contribution is -2.50. The molecule has 2 rings (SSSR count). The second-order valence-electron chi connectivity index (χ2n) is 5.34. The molecule has 23 heavy (non-hydrogen) atoms. The lowest BCUT2D eigenvalue weighted by atomic mass is 9.96. The monoisotopic (exact) mass is 376 g/mol. The van der Waals surface area contributed by atoms with Crippen LogP contribution in [0, 0.1) is 11.7 Å². The molecular weight excluding hydrogens is 360 g/mol. The number of nitrogens with one attached hydrogen (secondary N) is 2. The molecule has 0 bridgehead atoms.